The molecule has 0 fully saturated rings. The van der Waals surface area contributed by atoms with Gasteiger partial charge in [0.15, 0.2) is 0 Å². The van der Waals surface area contributed by atoms with E-state index in [1.807, 2.05) is 13.0 Å². The van der Waals surface area contributed by atoms with Crippen LogP contribution in [-0.4, -0.2) is 28.6 Å². The van der Waals surface area contributed by atoms with Gasteiger partial charge in [0.05, 0.1) is 18.2 Å². The third-order valence-electron chi connectivity index (χ3n) is 2.17. The lowest BCUT2D eigenvalue weighted by Gasteiger charge is -2.13. The Morgan fingerprint density at radius 2 is 2.44 bits per heavy atom. The number of hydrogen-bond acceptors (Lipinski definition) is 4. The van der Waals surface area contributed by atoms with Crippen molar-refractivity contribution in [1.29, 1.82) is 5.26 Å². The second kappa shape index (κ2) is 5.83. The summed E-state index contributed by atoms with van der Waals surface area (Å²) >= 11 is 0. The molecule has 0 bridgehead atoms. The third kappa shape index (κ3) is 3.04. The molecule has 0 aromatic carbocycles. The number of nitriles is 1. The number of carbonyl (C=O) groups is 1. The Morgan fingerprint density at radius 3 is 2.88 bits per heavy atom. The van der Waals surface area contributed by atoms with Crippen molar-refractivity contribution in [2.24, 2.45) is 0 Å². The van der Waals surface area contributed by atoms with Crippen LogP contribution in [-0.2, 0) is 0 Å². The maximum atomic E-state index is 11.6. The number of nitrogens with one attached hydrogen (secondary N) is 1. The fourth-order valence-corrected chi connectivity index (χ4v) is 1.13. The predicted octanol–water partition coefficient (Wildman–Crippen LogP) is 0.454. The molecule has 1 atom stereocenters. The van der Waals surface area contributed by atoms with Crippen molar-refractivity contribution in [3.05, 3.63) is 29.6 Å². The number of nitrogens with zero attached hydrogens (tertiary/aromatic N) is 2. The maximum absolute atomic E-state index is 11.6. The Morgan fingerprint density at radius 1 is 1.69 bits per heavy atom. The Balaban J connectivity index is 2.70. The summed E-state index contributed by atoms with van der Waals surface area (Å²) in [5.41, 5.74) is 0.650. The van der Waals surface area contributed by atoms with Crippen molar-refractivity contribution >= 4 is 5.91 Å². The van der Waals surface area contributed by atoms with Gasteiger partial charge in [-0.25, -0.2) is 4.98 Å². The second-order valence-electron chi connectivity index (χ2n) is 3.31. The van der Waals surface area contributed by atoms with Crippen LogP contribution in [0, 0.1) is 11.3 Å². The van der Waals surface area contributed by atoms with Crippen molar-refractivity contribution in [3.8, 4) is 6.07 Å². The smallest absolute Gasteiger partial charge is 0.270 e. The quantitative estimate of drug-likeness (QED) is 0.770. The fourth-order valence-electron chi connectivity index (χ4n) is 1.13. The van der Waals surface area contributed by atoms with E-state index in [-0.39, 0.29) is 24.2 Å². The van der Waals surface area contributed by atoms with Crippen molar-refractivity contribution in [2.75, 3.05) is 6.61 Å². The van der Waals surface area contributed by atoms with Gasteiger partial charge in [0.2, 0.25) is 0 Å². The lowest BCUT2D eigenvalue weighted by molar-refractivity contribution is 0.0910. The highest BCUT2D eigenvalue weighted by Crippen LogP contribution is 2.00. The number of amides is 1. The van der Waals surface area contributed by atoms with Gasteiger partial charge in [0.25, 0.3) is 5.91 Å². The highest BCUT2D eigenvalue weighted by atomic mass is 16.3. The van der Waals surface area contributed by atoms with E-state index >= 15 is 0 Å². The predicted molar refractivity (Wildman–Crippen MR) is 57.6 cm³/mol. The third-order valence-corrected chi connectivity index (χ3v) is 2.17. The molecule has 1 aromatic heterocycles. The zero-order valence-corrected chi connectivity index (χ0v) is 8.97. The summed E-state index contributed by atoms with van der Waals surface area (Å²) in [6.45, 7) is 1.77. The van der Waals surface area contributed by atoms with E-state index in [0.717, 1.165) is 0 Å². The summed E-state index contributed by atoms with van der Waals surface area (Å²) in [4.78, 5) is 15.5. The molecule has 0 aliphatic carbocycles. The van der Waals surface area contributed by atoms with Gasteiger partial charge in [0.1, 0.15) is 11.8 Å². The molecular formula is C11H13N3O2. The SMILES string of the molecule is CC[C@H](CO)NC(=O)c1ccc(C#N)cn1. The molecular weight excluding hydrogens is 206 g/mol. The van der Waals surface area contributed by atoms with Crippen molar-refractivity contribution in [2.45, 2.75) is 19.4 Å². The molecule has 84 valence electrons. The lowest BCUT2D eigenvalue weighted by atomic mass is 10.2. The van der Waals surface area contributed by atoms with Crippen LogP contribution in [0.4, 0.5) is 0 Å². The van der Waals surface area contributed by atoms with Gasteiger partial charge >= 0.3 is 0 Å². The molecule has 5 nitrogen and oxygen atoms in total. The molecule has 0 unspecified atom stereocenters. The zero-order chi connectivity index (χ0) is 12.0. The fraction of sp³-hybridized carbons (Fsp3) is 0.364. The molecule has 0 aliphatic heterocycles. The molecule has 5 heteroatoms. The monoisotopic (exact) mass is 219 g/mol. The minimum absolute atomic E-state index is 0.0987. The van der Waals surface area contributed by atoms with Crippen molar-refractivity contribution < 1.29 is 9.90 Å². The van der Waals surface area contributed by atoms with Gasteiger partial charge in [0, 0.05) is 6.20 Å². The Hall–Kier alpha value is -1.93. The zero-order valence-electron chi connectivity index (χ0n) is 8.97. The summed E-state index contributed by atoms with van der Waals surface area (Å²) in [6.07, 6.45) is 1.99. The van der Waals surface area contributed by atoms with E-state index in [1.165, 1.54) is 18.3 Å². The van der Waals surface area contributed by atoms with Crippen LogP contribution < -0.4 is 5.32 Å². The van der Waals surface area contributed by atoms with E-state index in [1.54, 1.807) is 0 Å². The summed E-state index contributed by atoms with van der Waals surface area (Å²) in [5.74, 6) is -0.342. The number of aliphatic hydroxyl groups excluding tert-OH is 1. The second-order valence-corrected chi connectivity index (χ2v) is 3.31. The van der Waals surface area contributed by atoms with Gasteiger partial charge < -0.3 is 10.4 Å². The van der Waals surface area contributed by atoms with Crippen LogP contribution in [0.2, 0.25) is 0 Å². The van der Waals surface area contributed by atoms with E-state index in [9.17, 15) is 4.79 Å². The summed E-state index contributed by atoms with van der Waals surface area (Å²) in [7, 11) is 0. The number of rotatable bonds is 4. The number of aromatic nitrogens is 1. The largest absolute Gasteiger partial charge is 0.394 e. The first-order chi connectivity index (χ1) is 7.71. The van der Waals surface area contributed by atoms with E-state index in [2.05, 4.69) is 10.3 Å². The van der Waals surface area contributed by atoms with Crippen molar-refractivity contribution in [1.82, 2.24) is 10.3 Å². The molecule has 0 radical (unpaired) electrons. The number of hydrogen-bond donors (Lipinski definition) is 2. The molecule has 0 spiro atoms. The minimum Gasteiger partial charge on any atom is -0.394 e. The minimum atomic E-state index is -0.342. The van der Waals surface area contributed by atoms with Crippen LogP contribution in [0.5, 0.6) is 0 Å². The topological polar surface area (TPSA) is 86.0 Å². The van der Waals surface area contributed by atoms with E-state index in [4.69, 9.17) is 10.4 Å². The van der Waals surface area contributed by atoms with Crippen LogP contribution in [0.15, 0.2) is 18.3 Å². The average Bonchev–Trinajstić information content (AvgIpc) is 2.35. The van der Waals surface area contributed by atoms with Gasteiger partial charge in [-0.2, -0.15) is 5.26 Å². The molecule has 1 amide bonds. The Kier molecular flexibility index (Phi) is 4.42. The molecule has 0 saturated carbocycles. The van der Waals surface area contributed by atoms with E-state index < -0.39 is 0 Å². The summed E-state index contributed by atoms with van der Waals surface area (Å²) in [6, 6.07) is 4.68. The normalized spacial score (nSPS) is 11.6. The summed E-state index contributed by atoms with van der Waals surface area (Å²) < 4.78 is 0. The molecule has 1 heterocycles. The van der Waals surface area contributed by atoms with Crippen molar-refractivity contribution in [3.63, 3.8) is 0 Å². The van der Waals surface area contributed by atoms with Crippen LogP contribution in [0.25, 0.3) is 0 Å². The highest BCUT2D eigenvalue weighted by Gasteiger charge is 2.11. The Bertz CT molecular complexity index is 391. The lowest BCUT2D eigenvalue weighted by Crippen LogP contribution is -2.37. The highest BCUT2D eigenvalue weighted by molar-refractivity contribution is 5.92. The molecule has 1 aromatic rings. The van der Waals surface area contributed by atoms with Gasteiger partial charge in [-0.3, -0.25) is 4.79 Å². The average molecular weight is 219 g/mol. The van der Waals surface area contributed by atoms with Gasteiger partial charge in [-0.05, 0) is 18.6 Å². The Labute approximate surface area is 93.7 Å². The first-order valence-electron chi connectivity index (χ1n) is 4.99. The molecule has 2 N–H and O–H groups in total. The van der Waals surface area contributed by atoms with Gasteiger partial charge in [-0.15, -0.1) is 0 Å². The first kappa shape index (κ1) is 12.1. The molecule has 0 saturated heterocycles. The first-order valence-corrected chi connectivity index (χ1v) is 4.99. The maximum Gasteiger partial charge on any atom is 0.270 e. The molecule has 1 rings (SSSR count). The van der Waals surface area contributed by atoms with Crippen LogP contribution in [0.1, 0.15) is 29.4 Å². The number of carbonyl (C=O) groups excluding carboxylic acids is 1. The van der Waals surface area contributed by atoms with Crippen LogP contribution >= 0.6 is 0 Å². The van der Waals surface area contributed by atoms with E-state index in [0.29, 0.717) is 12.0 Å². The number of pyridine rings is 1. The standard InChI is InChI=1S/C11H13N3O2/c1-2-9(7-15)14-11(16)10-4-3-8(5-12)6-13-10/h3-4,6,9,15H,2,7H2,1H3,(H,14,16)/t9-/m1/s1. The molecule has 0 aliphatic rings. The molecule has 16 heavy (non-hydrogen) atoms. The summed E-state index contributed by atoms with van der Waals surface area (Å²) in [5, 5.41) is 20.1. The number of aliphatic hydroxyl groups is 1. The van der Waals surface area contributed by atoms with Crippen LogP contribution in [0.3, 0.4) is 0 Å². The van der Waals surface area contributed by atoms with Gasteiger partial charge in [-0.1, -0.05) is 6.92 Å².